The van der Waals surface area contributed by atoms with Crippen LogP contribution in [0.4, 0.5) is 10.8 Å². The van der Waals surface area contributed by atoms with Crippen LogP contribution in [0.1, 0.15) is 43.9 Å². The molecular formula is C35H24ClN3O4S. The number of rotatable bonds is 3. The quantitative estimate of drug-likeness (QED) is 0.206. The number of thiazole rings is 1. The monoisotopic (exact) mass is 617 g/mol. The second-order valence-electron chi connectivity index (χ2n) is 11.4. The summed E-state index contributed by atoms with van der Waals surface area (Å²) in [4.78, 5) is 52.2. The largest absolute Gasteiger partial charge is 0.450 e. The van der Waals surface area contributed by atoms with Gasteiger partial charge in [-0.25, -0.2) is 4.98 Å². The summed E-state index contributed by atoms with van der Waals surface area (Å²) in [7, 11) is 0. The van der Waals surface area contributed by atoms with Crippen LogP contribution in [0.5, 0.6) is 0 Å². The van der Waals surface area contributed by atoms with Crippen LogP contribution < -0.4 is 15.2 Å². The highest BCUT2D eigenvalue weighted by molar-refractivity contribution is 7.22. The van der Waals surface area contributed by atoms with Crippen molar-refractivity contribution in [3.05, 3.63) is 133 Å². The zero-order valence-electron chi connectivity index (χ0n) is 24.0. The topological polar surface area (TPSA) is 83.7 Å². The molecule has 216 valence electrons. The maximum absolute atomic E-state index is 15.2. The van der Waals surface area contributed by atoms with Crippen LogP contribution in [0.2, 0.25) is 5.02 Å². The summed E-state index contributed by atoms with van der Waals surface area (Å²) in [6.07, 6.45) is 0. The fourth-order valence-electron chi connectivity index (χ4n) is 6.55. The molecule has 2 aliphatic heterocycles. The van der Waals surface area contributed by atoms with Crippen molar-refractivity contribution in [3.8, 4) is 0 Å². The average molecular weight is 618 g/mol. The highest BCUT2D eigenvalue weighted by atomic mass is 35.5. The van der Waals surface area contributed by atoms with Crippen LogP contribution in [-0.4, -0.2) is 16.8 Å². The van der Waals surface area contributed by atoms with Gasteiger partial charge in [0.15, 0.2) is 16.1 Å². The minimum Gasteiger partial charge on any atom is -0.450 e. The van der Waals surface area contributed by atoms with Crippen molar-refractivity contribution in [3.63, 3.8) is 0 Å². The highest BCUT2D eigenvalue weighted by Gasteiger charge is 2.66. The summed E-state index contributed by atoms with van der Waals surface area (Å²) in [6, 6.07) is 24.1. The van der Waals surface area contributed by atoms with Gasteiger partial charge in [-0.2, -0.15) is 0 Å². The molecule has 1 atom stereocenters. The van der Waals surface area contributed by atoms with Gasteiger partial charge < -0.3 is 9.32 Å². The van der Waals surface area contributed by atoms with Crippen LogP contribution in [0.25, 0.3) is 21.2 Å². The van der Waals surface area contributed by atoms with Crippen LogP contribution in [-0.2, 0) is 16.9 Å². The van der Waals surface area contributed by atoms with E-state index in [2.05, 4.69) is 0 Å². The minimum atomic E-state index is -1.82. The molecule has 0 saturated carbocycles. The number of hydrogen-bond acceptors (Lipinski definition) is 6. The summed E-state index contributed by atoms with van der Waals surface area (Å²) in [5.74, 6) is -1.16. The predicted octanol–water partition coefficient (Wildman–Crippen LogP) is 7.43. The molecule has 4 heterocycles. The fraction of sp³-hybridized carbons (Fsp3) is 0.143. The van der Waals surface area contributed by atoms with Crippen molar-refractivity contribution in [2.45, 2.75) is 32.9 Å². The third kappa shape index (κ3) is 3.55. The number of hydrogen-bond donors (Lipinski definition) is 0. The first-order chi connectivity index (χ1) is 21.2. The average Bonchev–Trinajstić information content (AvgIpc) is 3.60. The first-order valence-electron chi connectivity index (χ1n) is 14.1. The number of nitrogens with zero attached hydrogens (tertiary/aromatic N) is 3. The van der Waals surface area contributed by atoms with Gasteiger partial charge in [-0.1, -0.05) is 71.0 Å². The van der Waals surface area contributed by atoms with Crippen molar-refractivity contribution in [2.75, 3.05) is 9.80 Å². The molecule has 9 heteroatoms. The van der Waals surface area contributed by atoms with Gasteiger partial charge in [0.1, 0.15) is 5.58 Å². The maximum atomic E-state index is 15.2. The fourth-order valence-corrected chi connectivity index (χ4v) is 7.84. The second kappa shape index (κ2) is 9.35. The van der Waals surface area contributed by atoms with E-state index in [0.717, 1.165) is 27.0 Å². The number of carbonyl (C=O) groups excluding carboxylic acids is 2. The Balaban J connectivity index is 1.46. The molecule has 0 radical (unpaired) electrons. The summed E-state index contributed by atoms with van der Waals surface area (Å²) in [6.45, 7) is 6.09. The van der Waals surface area contributed by atoms with Crippen molar-refractivity contribution in [2.24, 2.45) is 0 Å². The molecule has 4 aromatic carbocycles. The molecule has 0 saturated heterocycles. The normalized spacial score (nSPS) is 17.4. The Hall–Kier alpha value is -4.79. The Labute approximate surface area is 260 Å². The molecule has 6 aromatic rings. The van der Waals surface area contributed by atoms with Gasteiger partial charge in [0.25, 0.3) is 11.8 Å². The number of benzene rings is 4. The molecule has 1 unspecified atom stereocenters. The third-order valence-electron chi connectivity index (χ3n) is 8.69. The van der Waals surface area contributed by atoms with Gasteiger partial charge in [-0.05, 0) is 73.9 Å². The van der Waals surface area contributed by atoms with E-state index in [1.54, 1.807) is 35.2 Å². The summed E-state index contributed by atoms with van der Waals surface area (Å²) >= 11 is 7.53. The SMILES string of the molecule is Cc1cccc(CN2C(=O)C3(c4ccccc42)c2c(oc4cc(C)c(C)cc4c2=O)C(=O)N3c2nc3ccc(Cl)cc3s2)c1. The zero-order chi connectivity index (χ0) is 30.5. The van der Waals surface area contributed by atoms with E-state index in [4.69, 9.17) is 21.0 Å². The van der Waals surface area contributed by atoms with E-state index in [9.17, 15) is 9.59 Å². The first-order valence-corrected chi connectivity index (χ1v) is 15.3. The lowest BCUT2D eigenvalue weighted by Crippen LogP contribution is -2.53. The third-order valence-corrected chi connectivity index (χ3v) is 9.93. The van der Waals surface area contributed by atoms with Crippen molar-refractivity contribution >= 4 is 66.8 Å². The van der Waals surface area contributed by atoms with Gasteiger partial charge in [0, 0.05) is 10.6 Å². The minimum absolute atomic E-state index is 0.0136. The number of aryl methyl sites for hydroxylation is 3. The van der Waals surface area contributed by atoms with Crippen LogP contribution >= 0.6 is 22.9 Å². The number of para-hydroxylation sites is 1. The summed E-state index contributed by atoms with van der Waals surface area (Å²) < 4.78 is 7.04. The van der Waals surface area contributed by atoms with Crippen molar-refractivity contribution < 1.29 is 14.0 Å². The van der Waals surface area contributed by atoms with Gasteiger partial charge in [-0.15, -0.1) is 0 Å². The van der Waals surface area contributed by atoms with E-state index in [0.29, 0.717) is 32.8 Å². The molecule has 2 aromatic heterocycles. The standard InChI is InChI=1S/C35H24ClN3O4S/c1-18-7-6-8-21(13-18)17-38-26-10-5-4-9-24(26)35(33(38)42)29-30(40)23-14-19(2)20(3)15-27(23)43-31(29)32(41)39(35)34-37-25-12-11-22(36)16-28(25)44-34/h4-16H,17H2,1-3H3. The van der Waals surface area contributed by atoms with Gasteiger partial charge >= 0.3 is 0 Å². The van der Waals surface area contributed by atoms with Gasteiger partial charge in [0.05, 0.1) is 33.4 Å². The van der Waals surface area contributed by atoms with E-state index >= 15 is 4.79 Å². The number of fused-ring (bicyclic) bond motifs is 6. The molecule has 7 nitrogen and oxygen atoms in total. The van der Waals surface area contributed by atoms with E-state index in [-0.39, 0.29) is 23.0 Å². The van der Waals surface area contributed by atoms with E-state index in [1.165, 1.54) is 16.2 Å². The van der Waals surface area contributed by atoms with E-state index in [1.807, 2.05) is 69.3 Å². The lowest BCUT2D eigenvalue weighted by molar-refractivity contribution is -0.121. The number of anilines is 2. The Morgan fingerprint density at radius 1 is 0.909 bits per heavy atom. The van der Waals surface area contributed by atoms with Crippen molar-refractivity contribution in [1.29, 1.82) is 0 Å². The Morgan fingerprint density at radius 2 is 1.70 bits per heavy atom. The molecule has 0 aliphatic carbocycles. The summed E-state index contributed by atoms with van der Waals surface area (Å²) in [5.41, 5.74) is 3.66. The number of halogens is 1. The lowest BCUT2D eigenvalue weighted by atomic mass is 9.84. The smallest absolute Gasteiger partial charge is 0.297 e. The van der Waals surface area contributed by atoms with Crippen molar-refractivity contribution in [1.82, 2.24) is 4.98 Å². The number of amides is 2. The first kappa shape index (κ1) is 26.8. The Kier molecular flexibility index (Phi) is 5.70. The molecule has 0 bridgehead atoms. The zero-order valence-corrected chi connectivity index (χ0v) is 25.5. The van der Waals surface area contributed by atoms with Crippen LogP contribution in [0.15, 0.2) is 88.1 Å². The maximum Gasteiger partial charge on any atom is 0.297 e. The molecular weight excluding hydrogens is 594 g/mol. The predicted molar refractivity (Wildman–Crippen MR) is 173 cm³/mol. The van der Waals surface area contributed by atoms with E-state index < -0.39 is 22.8 Å². The molecule has 0 N–H and O–H groups in total. The van der Waals surface area contributed by atoms with Crippen LogP contribution in [0, 0.1) is 20.8 Å². The molecule has 0 fully saturated rings. The highest BCUT2D eigenvalue weighted by Crippen LogP contribution is 2.55. The molecule has 1 spiro atoms. The molecule has 2 aliphatic rings. The van der Waals surface area contributed by atoms with Crippen LogP contribution in [0.3, 0.4) is 0 Å². The number of aromatic nitrogens is 1. The Morgan fingerprint density at radius 3 is 2.52 bits per heavy atom. The Bertz CT molecular complexity index is 2310. The molecule has 8 rings (SSSR count). The summed E-state index contributed by atoms with van der Waals surface area (Å²) in [5, 5.41) is 1.12. The molecule has 44 heavy (non-hydrogen) atoms. The second-order valence-corrected chi connectivity index (χ2v) is 12.9. The lowest BCUT2D eigenvalue weighted by Gasteiger charge is -2.32. The number of carbonyl (C=O) groups is 2. The van der Waals surface area contributed by atoms with Gasteiger partial charge in [0.2, 0.25) is 5.76 Å². The molecule has 2 amide bonds. The van der Waals surface area contributed by atoms with Gasteiger partial charge in [-0.3, -0.25) is 19.3 Å².